The van der Waals surface area contributed by atoms with Gasteiger partial charge in [0.25, 0.3) is 0 Å². The maximum atomic E-state index is 12.9. The molecule has 0 radical (unpaired) electrons. The van der Waals surface area contributed by atoms with E-state index >= 15 is 0 Å². The highest BCUT2D eigenvalue weighted by atomic mass is 32.2. The minimum Gasteiger partial charge on any atom is -0.468 e. The summed E-state index contributed by atoms with van der Waals surface area (Å²) in [5, 5.41) is 8.16. The van der Waals surface area contributed by atoms with Crippen molar-refractivity contribution in [3.05, 3.63) is 66.0 Å². The topological polar surface area (TPSA) is 91.2 Å². The van der Waals surface area contributed by atoms with Crippen molar-refractivity contribution >= 4 is 27.6 Å². The van der Waals surface area contributed by atoms with E-state index in [1.165, 1.54) is 7.11 Å². The molecule has 0 aliphatic carbocycles. The highest BCUT2D eigenvalue weighted by Crippen LogP contribution is 2.28. The van der Waals surface area contributed by atoms with Crippen LogP contribution in [-0.2, 0) is 25.1 Å². The van der Waals surface area contributed by atoms with Gasteiger partial charge in [-0.15, -0.1) is 10.2 Å². The lowest BCUT2D eigenvalue weighted by molar-refractivity contribution is -0.139. The van der Waals surface area contributed by atoms with E-state index in [4.69, 9.17) is 4.74 Å². The molecule has 0 aliphatic rings. The number of esters is 1. The Labute approximate surface area is 174 Å². The summed E-state index contributed by atoms with van der Waals surface area (Å²) in [7, 11) is -2.30. The van der Waals surface area contributed by atoms with Crippen LogP contribution >= 0.6 is 11.8 Å². The number of ether oxygens (including phenoxy) is 1. The first-order chi connectivity index (χ1) is 13.8. The number of hydrogen-bond donors (Lipinski definition) is 0. The first-order valence-electron chi connectivity index (χ1n) is 8.85. The van der Waals surface area contributed by atoms with Crippen molar-refractivity contribution in [1.29, 1.82) is 0 Å². The molecule has 1 heterocycles. The number of aryl methyl sites for hydroxylation is 1. The van der Waals surface area contributed by atoms with Crippen LogP contribution in [0.1, 0.15) is 18.3 Å². The molecule has 0 amide bonds. The summed E-state index contributed by atoms with van der Waals surface area (Å²) >= 11 is 1.16. The van der Waals surface area contributed by atoms with Gasteiger partial charge in [-0.25, -0.2) is 8.42 Å². The van der Waals surface area contributed by atoms with Gasteiger partial charge in [0.15, 0.2) is 20.8 Å². The van der Waals surface area contributed by atoms with Gasteiger partial charge in [-0.2, -0.15) is 0 Å². The molecule has 1 unspecified atom stereocenters. The molecule has 152 valence electrons. The third-order valence-electron chi connectivity index (χ3n) is 4.23. The number of para-hydroxylation sites is 1. The first kappa shape index (κ1) is 21.1. The quantitative estimate of drug-likeness (QED) is 0.419. The van der Waals surface area contributed by atoms with E-state index in [0.29, 0.717) is 10.8 Å². The van der Waals surface area contributed by atoms with Crippen molar-refractivity contribution < 1.29 is 17.9 Å². The van der Waals surface area contributed by atoms with Crippen molar-refractivity contribution in [3.8, 4) is 5.69 Å². The van der Waals surface area contributed by atoms with Gasteiger partial charge in [-0.1, -0.05) is 47.7 Å². The van der Waals surface area contributed by atoms with Crippen LogP contribution in [0.2, 0.25) is 0 Å². The fraction of sp³-hybridized carbons (Fsp3) is 0.250. The van der Waals surface area contributed by atoms with Gasteiger partial charge in [-0.3, -0.25) is 9.36 Å². The van der Waals surface area contributed by atoms with Crippen LogP contribution in [0.5, 0.6) is 0 Å². The van der Waals surface area contributed by atoms with Gasteiger partial charge < -0.3 is 4.74 Å². The Morgan fingerprint density at radius 3 is 2.38 bits per heavy atom. The Morgan fingerprint density at radius 2 is 1.76 bits per heavy atom. The zero-order valence-corrected chi connectivity index (χ0v) is 17.9. The maximum Gasteiger partial charge on any atom is 0.318 e. The van der Waals surface area contributed by atoms with Crippen LogP contribution in [0.15, 0.2) is 64.6 Å². The smallest absolute Gasteiger partial charge is 0.318 e. The number of methoxy groups -OCH3 is 1. The predicted molar refractivity (Wildman–Crippen MR) is 111 cm³/mol. The van der Waals surface area contributed by atoms with Crippen LogP contribution in [0.3, 0.4) is 0 Å². The minimum atomic E-state index is -3.62. The molecule has 29 heavy (non-hydrogen) atoms. The lowest BCUT2D eigenvalue weighted by Crippen LogP contribution is -2.16. The molecule has 0 bridgehead atoms. The van der Waals surface area contributed by atoms with E-state index in [2.05, 4.69) is 10.2 Å². The molecule has 9 heteroatoms. The monoisotopic (exact) mass is 431 g/mol. The normalized spacial score (nSPS) is 12.5. The van der Waals surface area contributed by atoms with Crippen LogP contribution in [0.4, 0.5) is 0 Å². The van der Waals surface area contributed by atoms with E-state index < -0.39 is 21.1 Å². The molecule has 0 N–H and O–H groups in total. The third kappa shape index (κ3) is 4.86. The number of carbonyl (C=O) groups is 1. The Morgan fingerprint density at radius 1 is 1.10 bits per heavy atom. The summed E-state index contributed by atoms with van der Waals surface area (Å²) in [5.41, 5.74) is 1.69. The molecular formula is C20H21N3O4S2. The summed E-state index contributed by atoms with van der Waals surface area (Å²) in [5.74, 6) is -0.437. The van der Waals surface area contributed by atoms with Gasteiger partial charge in [0.1, 0.15) is 11.0 Å². The maximum absolute atomic E-state index is 12.9. The number of benzene rings is 2. The summed E-state index contributed by atoms with van der Waals surface area (Å²) < 4.78 is 32.3. The van der Waals surface area contributed by atoms with Crippen LogP contribution in [0.25, 0.3) is 5.69 Å². The minimum absolute atomic E-state index is 0.225. The van der Waals surface area contributed by atoms with E-state index in [9.17, 15) is 13.2 Å². The summed E-state index contributed by atoms with van der Waals surface area (Å²) in [4.78, 5) is 12.0. The zero-order valence-electron chi connectivity index (χ0n) is 16.3. The summed E-state index contributed by atoms with van der Waals surface area (Å²) in [6.07, 6.45) is 0. The summed E-state index contributed by atoms with van der Waals surface area (Å²) in [6.45, 7) is 3.59. The van der Waals surface area contributed by atoms with Crippen molar-refractivity contribution in [2.75, 3.05) is 7.11 Å². The number of sulfone groups is 1. The Kier molecular flexibility index (Phi) is 6.39. The van der Waals surface area contributed by atoms with Gasteiger partial charge in [-0.05, 0) is 38.1 Å². The molecule has 3 aromatic rings. The Bertz CT molecular complexity index is 1090. The van der Waals surface area contributed by atoms with E-state index in [1.807, 2.05) is 37.3 Å². The predicted octanol–water partition coefficient (Wildman–Crippen LogP) is 3.20. The Balaban J connectivity index is 2.00. The van der Waals surface area contributed by atoms with Gasteiger partial charge in [0.2, 0.25) is 0 Å². The third-order valence-corrected chi connectivity index (χ3v) is 6.88. The van der Waals surface area contributed by atoms with Gasteiger partial charge in [0.05, 0.1) is 12.0 Å². The molecule has 2 aromatic carbocycles. The molecule has 3 rings (SSSR count). The van der Waals surface area contributed by atoms with Gasteiger partial charge in [0, 0.05) is 5.69 Å². The van der Waals surface area contributed by atoms with Crippen LogP contribution < -0.4 is 0 Å². The fourth-order valence-corrected chi connectivity index (χ4v) is 4.83. The number of carbonyl (C=O) groups excluding carboxylic acids is 1. The molecule has 1 atom stereocenters. The lowest BCUT2D eigenvalue weighted by atomic mass is 10.2. The van der Waals surface area contributed by atoms with Crippen LogP contribution in [-0.4, -0.2) is 41.5 Å². The molecule has 0 aliphatic heterocycles. The average molecular weight is 432 g/mol. The number of rotatable bonds is 7. The number of nitrogens with zero attached hydrogens (tertiary/aromatic N) is 3. The number of thioether (sulfide) groups is 1. The average Bonchev–Trinajstić information content (AvgIpc) is 3.09. The zero-order chi connectivity index (χ0) is 21.0. The van der Waals surface area contributed by atoms with Crippen molar-refractivity contribution in [2.24, 2.45) is 0 Å². The molecule has 0 spiro atoms. The molecule has 7 nitrogen and oxygen atoms in total. The highest BCUT2D eigenvalue weighted by molar-refractivity contribution is 8.00. The van der Waals surface area contributed by atoms with E-state index in [1.54, 1.807) is 35.8 Å². The van der Waals surface area contributed by atoms with Crippen molar-refractivity contribution in [2.45, 2.75) is 34.9 Å². The van der Waals surface area contributed by atoms with E-state index in [0.717, 1.165) is 17.3 Å². The summed E-state index contributed by atoms with van der Waals surface area (Å²) in [6, 6.07) is 15.9. The number of hydrogen-bond acceptors (Lipinski definition) is 7. The Hall–Kier alpha value is -2.65. The second-order valence-electron chi connectivity index (χ2n) is 6.43. The molecular weight excluding hydrogens is 410 g/mol. The largest absolute Gasteiger partial charge is 0.468 e. The second-order valence-corrected chi connectivity index (χ2v) is 9.72. The lowest BCUT2D eigenvalue weighted by Gasteiger charge is -2.12. The standard InChI is InChI=1S/C20H21N3O4S2/c1-14-9-11-17(12-10-14)29(25,26)13-18-21-22-20(28-15(2)19(24)27-3)23(18)16-7-5-4-6-8-16/h4-12,15H,13H2,1-3H3. The molecule has 0 saturated heterocycles. The SMILES string of the molecule is COC(=O)C(C)Sc1nnc(CS(=O)(=O)c2ccc(C)cc2)n1-c1ccccc1. The fourth-order valence-electron chi connectivity index (χ4n) is 2.68. The molecule has 1 aromatic heterocycles. The molecule has 0 saturated carbocycles. The van der Waals surface area contributed by atoms with Crippen molar-refractivity contribution in [3.63, 3.8) is 0 Å². The van der Waals surface area contributed by atoms with Crippen LogP contribution in [0, 0.1) is 6.92 Å². The highest BCUT2D eigenvalue weighted by Gasteiger charge is 2.25. The first-order valence-corrected chi connectivity index (χ1v) is 11.4. The number of aromatic nitrogens is 3. The van der Waals surface area contributed by atoms with Gasteiger partial charge >= 0.3 is 5.97 Å². The van der Waals surface area contributed by atoms with E-state index in [-0.39, 0.29) is 16.5 Å². The second kappa shape index (κ2) is 8.79. The molecule has 0 fully saturated rings. The van der Waals surface area contributed by atoms with Crippen molar-refractivity contribution in [1.82, 2.24) is 14.8 Å².